The molecule has 1 aliphatic heterocycles. The minimum absolute atomic E-state index is 0.00989. The van der Waals surface area contributed by atoms with Crippen LogP contribution in [0.4, 0.5) is 0 Å². The number of carbonyl (C=O) groups is 1. The number of rotatable bonds is 6. The van der Waals surface area contributed by atoms with Gasteiger partial charge < -0.3 is 14.2 Å². The van der Waals surface area contributed by atoms with Crippen LogP contribution in [-0.2, 0) is 19.0 Å². The summed E-state index contributed by atoms with van der Waals surface area (Å²) in [4.78, 5) is 12.6. The smallest absolute Gasteiger partial charge is 0.303 e. The van der Waals surface area contributed by atoms with Crippen molar-refractivity contribution in [2.45, 2.75) is 61.9 Å². The van der Waals surface area contributed by atoms with Gasteiger partial charge in [-0.15, -0.1) is 6.58 Å². The topological polar surface area (TPSA) is 44.8 Å². The number of carbonyl (C=O) groups excluding carboxylic acids is 1. The van der Waals surface area contributed by atoms with E-state index in [2.05, 4.69) is 6.58 Å². The average Bonchev–Trinajstić information content (AvgIpc) is 2.46. The van der Waals surface area contributed by atoms with Crippen molar-refractivity contribution in [1.29, 1.82) is 0 Å². The molecule has 0 aliphatic carbocycles. The Morgan fingerprint density at radius 3 is 2.74 bits per heavy atom. The van der Waals surface area contributed by atoms with Gasteiger partial charge in [0.1, 0.15) is 6.10 Å². The number of esters is 1. The Hall–Kier alpha value is -1.30. The van der Waals surface area contributed by atoms with Crippen molar-refractivity contribution in [2.75, 3.05) is 0 Å². The van der Waals surface area contributed by atoms with Crippen molar-refractivity contribution in [3.05, 3.63) is 43.0 Å². The molecule has 126 valence electrons. The van der Waals surface area contributed by atoms with Crippen LogP contribution < -0.4 is 0 Å². The molecule has 1 aromatic rings. The molecule has 0 saturated carbocycles. The van der Waals surface area contributed by atoms with Gasteiger partial charge in [0, 0.05) is 18.2 Å². The van der Waals surface area contributed by atoms with E-state index in [1.54, 1.807) is 0 Å². The van der Waals surface area contributed by atoms with Crippen molar-refractivity contribution in [1.82, 2.24) is 0 Å². The first-order chi connectivity index (χ1) is 10.9. The molecule has 1 aliphatic rings. The molecular formula is C18H24O4S. The molecule has 23 heavy (non-hydrogen) atoms. The Morgan fingerprint density at radius 1 is 1.43 bits per heavy atom. The molecule has 1 saturated heterocycles. The molecule has 0 bridgehead atoms. The first kappa shape index (κ1) is 18.0. The van der Waals surface area contributed by atoms with Crippen LogP contribution in [0.1, 0.15) is 33.6 Å². The highest BCUT2D eigenvalue weighted by Gasteiger charge is 2.40. The number of hydrogen-bond acceptors (Lipinski definition) is 5. The van der Waals surface area contributed by atoms with E-state index >= 15 is 0 Å². The Kier molecular flexibility index (Phi) is 6.27. The Morgan fingerprint density at radius 2 is 2.13 bits per heavy atom. The van der Waals surface area contributed by atoms with E-state index in [1.165, 1.54) is 18.7 Å². The van der Waals surface area contributed by atoms with Crippen molar-refractivity contribution < 1.29 is 19.0 Å². The van der Waals surface area contributed by atoms with Crippen LogP contribution in [0.2, 0.25) is 0 Å². The number of benzene rings is 1. The van der Waals surface area contributed by atoms with Gasteiger partial charge in [0.25, 0.3) is 0 Å². The van der Waals surface area contributed by atoms with E-state index in [1.807, 2.05) is 50.3 Å². The lowest BCUT2D eigenvalue weighted by atomic mass is 10.1. The van der Waals surface area contributed by atoms with Crippen LogP contribution in [0.25, 0.3) is 0 Å². The molecule has 1 unspecified atom stereocenters. The summed E-state index contributed by atoms with van der Waals surface area (Å²) in [7, 11) is 0. The minimum atomic E-state index is -0.716. The quantitative estimate of drug-likeness (QED) is 0.338. The normalized spacial score (nSPS) is 24.7. The van der Waals surface area contributed by atoms with Gasteiger partial charge in [-0.1, -0.05) is 36.0 Å². The highest BCUT2D eigenvalue weighted by atomic mass is 32.2. The highest BCUT2D eigenvalue weighted by molar-refractivity contribution is 7.99. The van der Waals surface area contributed by atoms with Crippen LogP contribution in [0.5, 0.6) is 0 Å². The third-order valence-corrected chi connectivity index (χ3v) is 4.57. The zero-order chi connectivity index (χ0) is 16.9. The number of hydrogen-bond donors (Lipinski definition) is 0. The Balaban J connectivity index is 2.15. The summed E-state index contributed by atoms with van der Waals surface area (Å²) in [5, 5.41) is 0. The van der Waals surface area contributed by atoms with Crippen LogP contribution >= 0.6 is 11.8 Å². The molecule has 1 heterocycles. The van der Waals surface area contributed by atoms with Crippen molar-refractivity contribution in [2.24, 2.45) is 0 Å². The third-order valence-electron chi connectivity index (χ3n) is 3.39. The predicted molar refractivity (Wildman–Crippen MR) is 91.1 cm³/mol. The van der Waals surface area contributed by atoms with E-state index in [4.69, 9.17) is 14.2 Å². The molecule has 0 amide bonds. The zero-order valence-corrected chi connectivity index (χ0v) is 14.7. The van der Waals surface area contributed by atoms with Gasteiger partial charge in [0.05, 0.1) is 6.10 Å². The van der Waals surface area contributed by atoms with Crippen molar-refractivity contribution in [3.63, 3.8) is 0 Å². The maximum Gasteiger partial charge on any atom is 0.303 e. The monoisotopic (exact) mass is 336 g/mol. The molecule has 3 atom stereocenters. The lowest BCUT2D eigenvalue weighted by molar-refractivity contribution is -0.306. The van der Waals surface area contributed by atoms with Crippen LogP contribution in [0, 0.1) is 0 Å². The van der Waals surface area contributed by atoms with Gasteiger partial charge in [-0.3, -0.25) is 4.79 Å². The van der Waals surface area contributed by atoms with Gasteiger partial charge in [-0.2, -0.15) is 0 Å². The first-order valence-corrected chi connectivity index (χ1v) is 8.63. The molecule has 5 heteroatoms. The van der Waals surface area contributed by atoms with E-state index in [9.17, 15) is 4.79 Å². The number of ether oxygens (including phenoxy) is 3. The zero-order valence-electron chi connectivity index (χ0n) is 13.9. The van der Waals surface area contributed by atoms with Crippen molar-refractivity contribution >= 4 is 17.7 Å². The van der Waals surface area contributed by atoms with Crippen LogP contribution in [-0.4, -0.2) is 29.4 Å². The summed E-state index contributed by atoms with van der Waals surface area (Å²) < 4.78 is 17.5. The van der Waals surface area contributed by atoms with E-state index in [0.717, 1.165) is 11.3 Å². The van der Waals surface area contributed by atoms with E-state index in [0.29, 0.717) is 6.42 Å². The third kappa shape index (κ3) is 5.68. The molecule has 1 fully saturated rings. The summed E-state index contributed by atoms with van der Waals surface area (Å²) in [6, 6.07) is 9.86. The second-order valence-electron chi connectivity index (χ2n) is 5.96. The lowest BCUT2D eigenvalue weighted by Crippen LogP contribution is -2.48. The lowest BCUT2D eigenvalue weighted by Gasteiger charge is -2.42. The van der Waals surface area contributed by atoms with Gasteiger partial charge >= 0.3 is 5.97 Å². The molecule has 2 rings (SSSR count). The predicted octanol–water partition coefficient (Wildman–Crippen LogP) is 4.15. The highest BCUT2D eigenvalue weighted by Crippen LogP contribution is 2.36. The summed E-state index contributed by atoms with van der Waals surface area (Å²) in [5.74, 6) is -1.03. The summed E-state index contributed by atoms with van der Waals surface area (Å²) in [5.41, 5.74) is -0.412. The number of thioether (sulfide) groups is 1. The fraction of sp³-hybridized carbons (Fsp3) is 0.500. The summed E-state index contributed by atoms with van der Waals surface area (Å²) in [6.07, 6.45) is 3.02. The van der Waals surface area contributed by atoms with Gasteiger partial charge in [-0.25, -0.2) is 0 Å². The molecule has 0 aromatic heterocycles. The molecule has 0 radical (unpaired) electrons. The second kappa shape index (κ2) is 7.99. The Labute approximate surface area is 142 Å². The van der Waals surface area contributed by atoms with Crippen LogP contribution in [0.15, 0.2) is 47.9 Å². The molecule has 0 spiro atoms. The maximum absolute atomic E-state index is 11.5. The molecule has 4 nitrogen and oxygen atoms in total. The first-order valence-electron chi connectivity index (χ1n) is 7.75. The average molecular weight is 336 g/mol. The summed E-state index contributed by atoms with van der Waals surface area (Å²) in [6.45, 7) is 8.96. The van der Waals surface area contributed by atoms with Crippen molar-refractivity contribution in [3.8, 4) is 0 Å². The Bertz CT molecular complexity index is 529. The van der Waals surface area contributed by atoms with Gasteiger partial charge in [-0.05, 0) is 32.4 Å². The second-order valence-corrected chi connectivity index (χ2v) is 7.14. The SMILES string of the molecule is C=CC[C@H]1C[C@H](C(OC(C)=O)Sc2ccccc2)OC(C)(C)O1. The largest absolute Gasteiger partial charge is 0.448 e. The van der Waals surface area contributed by atoms with E-state index in [-0.39, 0.29) is 18.2 Å². The standard InChI is InChI=1S/C18H24O4S/c1-5-9-14-12-16(22-18(3,4)21-14)17(20-13(2)19)23-15-10-7-6-8-11-15/h5-8,10-11,14,16-17H,1,9,12H2,2-4H3/t14-,16+,17?/m0/s1. The molecule has 1 aromatic carbocycles. The maximum atomic E-state index is 11.5. The van der Waals surface area contributed by atoms with E-state index < -0.39 is 11.2 Å². The molecular weight excluding hydrogens is 312 g/mol. The molecule has 0 N–H and O–H groups in total. The van der Waals surface area contributed by atoms with Gasteiger partial charge in [0.15, 0.2) is 11.2 Å². The van der Waals surface area contributed by atoms with Crippen LogP contribution in [0.3, 0.4) is 0 Å². The fourth-order valence-corrected chi connectivity index (χ4v) is 3.70. The fourth-order valence-electron chi connectivity index (χ4n) is 2.62. The van der Waals surface area contributed by atoms with Gasteiger partial charge in [0.2, 0.25) is 0 Å². The summed E-state index contributed by atoms with van der Waals surface area (Å²) >= 11 is 1.49. The minimum Gasteiger partial charge on any atom is -0.448 e.